The van der Waals surface area contributed by atoms with Crippen molar-refractivity contribution in [1.29, 1.82) is 0 Å². The maximum absolute atomic E-state index is 12.0. The summed E-state index contributed by atoms with van der Waals surface area (Å²) in [6.45, 7) is 7.40. The molecule has 0 bridgehead atoms. The molecular weight excluding hydrogens is 342 g/mol. The smallest absolute Gasteiger partial charge is 0.244 e. The first-order chi connectivity index (χ1) is 13.0. The van der Waals surface area contributed by atoms with Gasteiger partial charge >= 0.3 is 0 Å². The van der Waals surface area contributed by atoms with Crippen molar-refractivity contribution in [2.45, 2.75) is 20.8 Å². The molecule has 2 rings (SSSR count). The molecule has 0 aromatic heterocycles. The van der Waals surface area contributed by atoms with Gasteiger partial charge in [0.15, 0.2) is 11.5 Å². The van der Waals surface area contributed by atoms with Crippen molar-refractivity contribution in [1.82, 2.24) is 5.32 Å². The van der Waals surface area contributed by atoms with Crippen molar-refractivity contribution >= 4 is 12.0 Å². The maximum Gasteiger partial charge on any atom is 0.244 e. The lowest BCUT2D eigenvalue weighted by molar-refractivity contribution is -0.116. The van der Waals surface area contributed by atoms with Crippen molar-refractivity contribution < 1.29 is 19.0 Å². The normalized spacial score (nSPS) is 10.7. The van der Waals surface area contributed by atoms with E-state index in [0.717, 1.165) is 22.4 Å². The second-order valence-electron chi connectivity index (χ2n) is 6.14. The molecule has 0 unspecified atom stereocenters. The van der Waals surface area contributed by atoms with Gasteiger partial charge in [-0.2, -0.15) is 0 Å². The van der Waals surface area contributed by atoms with E-state index >= 15 is 0 Å². The van der Waals surface area contributed by atoms with Gasteiger partial charge in [-0.15, -0.1) is 0 Å². The largest absolute Gasteiger partial charge is 0.493 e. The van der Waals surface area contributed by atoms with Crippen LogP contribution >= 0.6 is 0 Å². The van der Waals surface area contributed by atoms with Crippen LogP contribution in [0.2, 0.25) is 0 Å². The van der Waals surface area contributed by atoms with Crippen molar-refractivity contribution in [2.24, 2.45) is 0 Å². The first-order valence-corrected chi connectivity index (χ1v) is 8.99. The van der Waals surface area contributed by atoms with Crippen LogP contribution in [0.25, 0.3) is 6.08 Å². The van der Waals surface area contributed by atoms with Crippen molar-refractivity contribution in [3.8, 4) is 17.2 Å². The lowest BCUT2D eigenvalue weighted by Crippen LogP contribution is -2.26. The van der Waals surface area contributed by atoms with Gasteiger partial charge in [0.1, 0.15) is 12.4 Å². The molecule has 1 N–H and O–H groups in total. The van der Waals surface area contributed by atoms with Crippen LogP contribution in [-0.4, -0.2) is 32.8 Å². The topological polar surface area (TPSA) is 56.8 Å². The predicted octanol–water partition coefficient (Wildman–Crippen LogP) is 3.92. The highest BCUT2D eigenvalue weighted by Crippen LogP contribution is 2.28. The molecule has 144 valence electrons. The highest BCUT2D eigenvalue weighted by atomic mass is 16.5. The van der Waals surface area contributed by atoms with Crippen molar-refractivity contribution in [2.75, 3.05) is 26.9 Å². The highest BCUT2D eigenvalue weighted by Gasteiger charge is 2.04. The van der Waals surface area contributed by atoms with Crippen LogP contribution in [0.1, 0.15) is 23.6 Å². The summed E-state index contributed by atoms with van der Waals surface area (Å²) in [6.07, 6.45) is 3.23. The van der Waals surface area contributed by atoms with Gasteiger partial charge in [0.05, 0.1) is 20.3 Å². The van der Waals surface area contributed by atoms with Crippen LogP contribution in [0.3, 0.4) is 0 Å². The van der Waals surface area contributed by atoms with Crippen molar-refractivity contribution in [3.05, 3.63) is 59.2 Å². The van der Waals surface area contributed by atoms with Crippen LogP contribution in [0.15, 0.2) is 42.5 Å². The van der Waals surface area contributed by atoms with Crippen molar-refractivity contribution in [3.63, 3.8) is 0 Å². The molecule has 0 saturated heterocycles. The van der Waals surface area contributed by atoms with E-state index in [1.54, 1.807) is 13.2 Å². The maximum atomic E-state index is 12.0. The molecule has 0 aliphatic carbocycles. The Labute approximate surface area is 161 Å². The standard InChI is InChI=1S/C22H27NO4/c1-5-26-20-8-6-18(15-21(20)25-4)7-9-22(24)23-10-11-27-19-13-16(2)12-17(3)14-19/h6-9,12-15H,5,10-11H2,1-4H3,(H,23,24)/b9-7+. The molecule has 5 heteroatoms. The van der Waals surface area contributed by atoms with Gasteiger partial charge in [0.2, 0.25) is 5.91 Å². The first-order valence-electron chi connectivity index (χ1n) is 8.99. The number of nitrogens with one attached hydrogen (secondary N) is 1. The summed E-state index contributed by atoms with van der Waals surface area (Å²) in [5.41, 5.74) is 3.17. The van der Waals surface area contributed by atoms with E-state index in [9.17, 15) is 4.79 Å². The molecular formula is C22H27NO4. The molecule has 1 amide bonds. The highest BCUT2D eigenvalue weighted by molar-refractivity contribution is 5.91. The molecule has 2 aromatic carbocycles. The van der Waals surface area contributed by atoms with E-state index in [1.807, 2.05) is 51.1 Å². The molecule has 5 nitrogen and oxygen atoms in total. The number of amides is 1. The van der Waals surface area contributed by atoms with Gasteiger partial charge in [-0.3, -0.25) is 4.79 Å². The number of benzene rings is 2. The fourth-order valence-electron chi connectivity index (χ4n) is 2.65. The SMILES string of the molecule is CCOc1ccc(/C=C/C(=O)NCCOc2cc(C)cc(C)c2)cc1OC. The molecule has 0 atom stereocenters. The van der Waals surface area contributed by atoms with E-state index in [1.165, 1.54) is 6.08 Å². The molecule has 0 heterocycles. The predicted molar refractivity (Wildman–Crippen MR) is 108 cm³/mol. The second-order valence-corrected chi connectivity index (χ2v) is 6.14. The minimum atomic E-state index is -0.174. The van der Waals surface area contributed by atoms with Gasteiger partial charge in [-0.05, 0) is 67.8 Å². The van der Waals surface area contributed by atoms with Gasteiger partial charge < -0.3 is 19.5 Å². The summed E-state index contributed by atoms with van der Waals surface area (Å²) < 4.78 is 16.5. The average molecular weight is 369 g/mol. The summed E-state index contributed by atoms with van der Waals surface area (Å²) in [7, 11) is 1.59. The Morgan fingerprint density at radius 1 is 1.04 bits per heavy atom. The number of aryl methyl sites for hydroxylation is 2. The Morgan fingerprint density at radius 3 is 2.44 bits per heavy atom. The van der Waals surface area contributed by atoms with E-state index in [0.29, 0.717) is 31.3 Å². The molecule has 0 fully saturated rings. The zero-order valence-corrected chi connectivity index (χ0v) is 16.4. The molecule has 2 aromatic rings. The minimum absolute atomic E-state index is 0.174. The van der Waals surface area contributed by atoms with Crippen LogP contribution in [0.4, 0.5) is 0 Å². The second kappa shape index (κ2) is 10.3. The Balaban J connectivity index is 1.81. The van der Waals surface area contributed by atoms with Crippen LogP contribution < -0.4 is 19.5 Å². The molecule has 27 heavy (non-hydrogen) atoms. The van der Waals surface area contributed by atoms with Gasteiger partial charge in [-0.1, -0.05) is 12.1 Å². The molecule has 0 radical (unpaired) electrons. The number of rotatable bonds is 9. The number of ether oxygens (including phenoxy) is 3. The van der Waals surface area contributed by atoms with Gasteiger partial charge in [0, 0.05) is 6.08 Å². The quantitative estimate of drug-likeness (QED) is 0.538. The third kappa shape index (κ3) is 6.70. The Kier molecular flexibility index (Phi) is 7.74. The van der Waals surface area contributed by atoms with E-state index in [4.69, 9.17) is 14.2 Å². The minimum Gasteiger partial charge on any atom is -0.493 e. The first kappa shape index (κ1) is 20.4. The Morgan fingerprint density at radius 2 is 1.78 bits per heavy atom. The van der Waals surface area contributed by atoms with E-state index < -0.39 is 0 Å². The van der Waals surface area contributed by atoms with Crippen LogP contribution in [0.5, 0.6) is 17.2 Å². The number of carbonyl (C=O) groups excluding carboxylic acids is 1. The summed E-state index contributed by atoms with van der Waals surface area (Å²) in [5, 5.41) is 2.81. The van der Waals surface area contributed by atoms with Gasteiger partial charge in [0.25, 0.3) is 0 Å². The van der Waals surface area contributed by atoms with E-state index in [-0.39, 0.29) is 5.91 Å². The molecule has 0 spiro atoms. The molecule has 0 aliphatic heterocycles. The fraction of sp³-hybridized carbons (Fsp3) is 0.318. The summed E-state index contributed by atoms with van der Waals surface area (Å²) in [6, 6.07) is 11.6. The monoisotopic (exact) mass is 369 g/mol. The van der Waals surface area contributed by atoms with E-state index in [2.05, 4.69) is 11.4 Å². The third-order valence-electron chi connectivity index (χ3n) is 3.78. The fourth-order valence-corrected chi connectivity index (χ4v) is 2.65. The lowest BCUT2D eigenvalue weighted by atomic mass is 10.1. The molecule has 0 saturated carbocycles. The number of hydrogen-bond donors (Lipinski definition) is 1. The zero-order chi connectivity index (χ0) is 19.6. The lowest BCUT2D eigenvalue weighted by Gasteiger charge is -2.09. The van der Waals surface area contributed by atoms with Gasteiger partial charge in [-0.25, -0.2) is 0 Å². The molecule has 0 aliphatic rings. The number of carbonyl (C=O) groups is 1. The zero-order valence-electron chi connectivity index (χ0n) is 16.4. The average Bonchev–Trinajstić information content (AvgIpc) is 2.64. The summed E-state index contributed by atoms with van der Waals surface area (Å²) in [4.78, 5) is 12.0. The Hall–Kier alpha value is -2.95. The van der Waals surface area contributed by atoms with Crippen LogP contribution in [0, 0.1) is 13.8 Å². The summed E-state index contributed by atoms with van der Waals surface area (Å²) in [5.74, 6) is 1.97. The Bertz CT molecular complexity index is 779. The third-order valence-corrected chi connectivity index (χ3v) is 3.78. The number of methoxy groups -OCH3 is 1. The number of hydrogen-bond acceptors (Lipinski definition) is 4. The van der Waals surface area contributed by atoms with Crippen LogP contribution in [-0.2, 0) is 4.79 Å². The summed E-state index contributed by atoms with van der Waals surface area (Å²) >= 11 is 0.